The third-order valence-corrected chi connectivity index (χ3v) is 3.67. The summed E-state index contributed by atoms with van der Waals surface area (Å²) >= 11 is 0. The predicted molar refractivity (Wildman–Crippen MR) is 96.5 cm³/mol. The molecular weight excluding hydrogens is 357 g/mol. The van der Waals surface area contributed by atoms with E-state index in [0.29, 0.717) is 17.1 Å². The van der Waals surface area contributed by atoms with Crippen molar-refractivity contribution in [2.45, 2.75) is 13.1 Å². The Bertz CT molecular complexity index is 956. The largest absolute Gasteiger partial charge is 0.416 e. The number of benzene rings is 2. The van der Waals surface area contributed by atoms with Crippen molar-refractivity contribution in [2.75, 3.05) is 10.6 Å². The summed E-state index contributed by atoms with van der Waals surface area (Å²) < 4.78 is 38.4. The molecule has 0 amide bonds. The van der Waals surface area contributed by atoms with Gasteiger partial charge in [0.25, 0.3) is 0 Å². The Morgan fingerprint density at radius 1 is 0.963 bits per heavy atom. The van der Waals surface area contributed by atoms with E-state index < -0.39 is 11.7 Å². The van der Waals surface area contributed by atoms with Crippen LogP contribution in [-0.2, 0) is 6.18 Å². The van der Waals surface area contributed by atoms with Gasteiger partial charge in [0.05, 0.1) is 5.56 Å². The topological polar surface area (TPSA) is 66.9 Å². The van der Waals surface area contributed by atoms with Gasteiger partial charge in [-0.2, -0.15) is 18.2 Å². The molecule has 0 spiro atoms. The highest BCUT2D eigenvalue weighted by Crippen LogP contribution is 2.31. The minimum Gasteiger partial charge on any atom is -0.340 e. The van der Waals surface area contributed by atoms with Crippen molar-refractivity contribution in [1.29, 1.82) is 0 Å². The van der Waals surface area contributed by atoms with Gasteiger partial charge in [-0.05, 0) is 55.5 Å². The molecule has 3 rings (SSSR count). The summed E-state index contributed by atoms with van der Waals surface area (Å²) in [4.78, 5) is 19.6. The number of aromatic nitrogens is 2. The van der Waals surface area contributed by atoms with Gasteiger partial charge in [-0.25, -0.2) is 4.98 Å². The standard InChI is InChI=1S/C19H15F3N4O/c1-12(27)13-5-7-15(8-6-13)25-18-23-10-9-17(26-18)24-16-4-2-3-14(11-16)19(20,21)22/h2-11H,1H3,(H2,23,24,25,26). The van der Waals surface area contributed by atoms with Crippen molar-refractivity contribution in [2.24, 2.45) is 0 Å². The molecule has 3 aromatic rings. The maximum atomic E-state index is 12.8. The number of hydrogen-bond acceptors (Lipinski definition) is 5. The summed E-state index contributed by atoms with van der Waals surface area (Å²) in [7, 11) is 0. The molecule has 0 fully saturated rings. The van der Waals surface area contributed by atoms with Crippen LogP contribution in [0.15, 0.2) is 60.8 Å². The van der Waals surface area contributed by atoms with E-state index in [0.717, 1.165) is 12.1 Å². The molecule has 0 atom stereocenters. The first-order valence-corrected chi connectivity index (χ1v) is 7.96. The zero-order valence-corrected chi connectivity index (χ0v) is 14.2. The molecule has 0 unspecified atom stereocenters. The van der Waals surface area contributed by atoms with Crippen LogP contribution >= 0.6 is 0 Å². The molecule has 0 bridgehead atoms. The number of anilines is 4. The minimum absolute atomic E-state index is 0.0370. The first kappa shape index (κ1) is 18.4. The van der Waals surface area contributed by atoms with E-state index in [-0.39, 0.29) is 17.4 Å². The normalized spacial score (nSPS) is 11.1. The fraction of sp³-hybridized carbons (Fsp3) is 0.105. The lowest BCUT2D eigenvalue weighted by Crippen LogP contribution is -2.05. The number of carbonyl (C=O) groups excluding carboxylic acids is 1. The van der Waals surface area contributed by atoms with Gasteiger partial charge in [0, 0.05) is 23.1 Å². The molecule has 0 radical (unpaired) electrons. The van der Waals surface area contributed by atoms with Crippen LogP contribution in [0.5, 0.6) is 0 Å². The van der Waals surface area contributed by atoms with Crippen LogP contribution in [0.1, 0.15) is 22.8 Å². The van der Waals surface area contributed by atoms with Crippen LogP contribution in [0.25, 0.3) is 0 Å². The average Bonchev–Trinajstić information content (AvgIpc) is 2.62. The van der Waals surface area contributed by atoms with Gasteiger partial charge in [0.2, 0.25) is 5.95 Å². The van der Waals surface area contributed by atoms with E-state index in [1.54, 1.807) is 30.3 Å². The van der Waals surface area contributed by atoms with E-state index in [1.165, 1.54) is 25.3 Å². The highest BCUT2D eigenvalue weighted by Gasteiger charge is 2.30. The molecule has 8 heteroatoms. The Kier molecular flexibility index (Phi) is 5.07. The second-order valence-corrected chi connectivity index (χ2v) is 5.73. The molecule has 0 saturated carbocycles. The van der Waals surface area contributed by atoms with Crippen molar-refractivity contribution in [1.82, 2.24) is 9.97 Å². The number of alkyl halides is 3. The first-order chi connectivity index (χ1) is 12.8. The zero-order valence-electron chi connectivity index (χ0n) is 14.2. The second kappa shape index (κ2) is 7.45. The number of rotatable bonds is 5. The third kappa shape index (κ3) is 4.81. The molecule has 5 nitrogen and oxygen atoms in total. The highest BCUT2D eigenvalue weighted by atomic mass is 19.4. The van der Waals surface area contributed by atoms with Crippen molar-refractivity contribution < 1.29 is 18.0 Å². The van der Waals surface area contributed by atoms with E-state index in [2.05, 4.69) is 20.6 Å². The Morgan fingerprint density at radius 2 is 1.70 bits per heavy atom. The van der Waals surface area contributed by atoms with E-state index in [4.69, 9.17) is 0 Å². The summed E-state index contributed by atoms with van der Waals surface area (Å²) in [5.74, 6) is 0.569. The fourth-order valence-corrected chi connectivity index (χ4v) is 2.33. The van der Waals surface area contributed by atoms with Crippen LogP contribution in [-0.4, -0.2) is 15.8 Å². The molecule has 1 heterocycles. The lowest BCUT2D eigenvalue weighted by molar-refractivity contribution is -0.137. The number of halogens is 3. The van der Waals surface area contributed by atoms with Crippen LogP contribution < -0.4 is 10.6 Å². The third-order valence-electron chi connectivity index (χ3n) is 3.67. The highest BCUT2D eigenvalue weighted by molar-refractivity contribution is 5.94. The summed E-state index contributed by atoms with van der Waals surface area (Å²) in [5, 5.41) is 5.81. The lowest BCUT2D eigenvalue weighted by Gasteiger charge is -2.11. The summed E-state index contributed by atoms with van der Waals surface area (Å²) in [6.45, 7) is 1.48. The molecule has 2 aromatic carbocycles. The molecule has 0 aliphatic heterocycles. The van der Waals surface area contributed by atoms with Crippen molar-refractivity contribution >= 4 is 28.9 Å². The molecule has 0 saturated heterocycles. The van der Waals surface area contributed by atoms with Gasteiger partial charge >= 0.3 is 6.18 Å². The Hall–Kier alpha value is -3.42. The van der Waals surface area contributed by atoms with Crippen molar-refractivity contribution in [3.05, 3.63) is 71.9 Å². The molecule has 0 aliphatic carbocycles. The maximum absolute atomic E-state index is 12.8. The van der Waals surface area contributed by atoms with Gasteiger partial charge in [-0.15, -0.1) is 0 Å². The first-order valence-electron chi connectivity index (χ1n) is 7.96. The molecule has 138 valence electrons. The van der Waals surface area contributed by atoms with Gasteiger partial charge in [-0.3, -0.25) is 4.79 Å². The minimum atomic E-state index is -4.41. The van der Waals surface area contributed by atoms with Crippen LogP contribution in [0.3, 0.4) is 0 Å². The lowest BCUT2D eigenvalue weighted by atomic mass is 10.1. The number of nitrogens with one attached hydrogen (secondary N) is 2. The zero-order chi connectivity index (χ0) is 19.4. The number of hydrogen-bond donors (Lipinski definition) is 2. The van der Waals surface area contributed by atoms with Crippen molar-refractivity contribution in [3.8, 4) is 0 Å². The van der Waals surface area contributed by atoms with Gasteiger partial charge in [-0.1, -0.05) is 6.07 Å². The predicted octanol–water partition coefficient (Wildman–Crippen LogP) is 5.19. The molecule has 27 heavy (non-hydrogen) atoms. The van der Waals surface area contributed by atoms with Crippen molar-refractivity contribution in [3.63, 3.8) is 0 Å². The SMILES string of the molecule is CC(=O)c1ccc(Nc2nccc(Nc3cccc(C(F)(F)F)c3)n2)cc1. The maximum Gasteiger partial charge on any atom is 0.416 e. The van der Waals surface area contributed by atoms with Crippen LogP contribution in [0.4, 0.5) is 36.3 Å². The van der Waals surface area contributed by atoms with E-state index in [1.807, 2.05) is 0 Å². The van der Waals surface area contributed by atoms with Gasteiger partial charge in [0.15, 0.2) is 5.78 Å². The van der Waals surface area contributed by atoms with E-state index >= 15 is 0 Å². The monoisotopic (exact) mass is 372 g/mol. The molecule has 1 aromatic heterocycles. The quantitative estimate of drug-likeness (QED) is 0.604. The second-order valence-electron chi connectivity index (χ2n) is 5.73. The number of carbonyl (C=O) groups is 1. The molecule has 0 aliphatic rings. The Morgan fingerprint density at radius 3 is 2.37 bits per heavy atom. The summed E-state index contributed by atoms with van der Waals surface area (Å²) in [5.41, 5.74) is 0.781. The average molecular weight is 372 g/mol. The molecule has 2 N–H and O–H groups in total. The molecular formula is C19H15F3N4O. The van der Waals surface area contributed by atoms with Gasteiger partial charge in [0.1, 0.15) is 5.82 Å². The Balaban J connectivity index is 1.75. The van der Waals surface area contributed by atoms with Gasteiger partial charge < -0.3 is 10.6 Å². The number of Topliss-reactive ketones (excluding diaryl/α,β-unsaturated/α-hetero) is 1. The van der Waals surface area contributed by atoms with E-state index in [9.17, 15) is 18.0 Å². The summed E-state index contributed by atoms with van der Waals surface area (Å²) in [6, 6.07) is 13.2. The number of nitrogens with zero attached hydrogens (tertiary/aromatic N) is 2. The Labute approximate surface area is 153 Å². The van der Waals surface area contributed by atoms with Crippen LogP contribution in [0, 0.1) is 0 Å². The summed E-state index contributed by atoms with van der Waals surface area (Å²) in [6.07, 6.45) is -2.93. The number of ketones is 1. The smallest absolute Gasteiger partial charge is 0.340 e. The fourth-order valence-electron chi connectivity index (χ4n) is 2.33. The van der Waals surface area contributed by atoms with Crippen LogP contribution in [0.2, 0.25) is 0 Å².